The molecule has 0 radical (unpaired) electrons. The third-order valence-corrected chi connectivity index (χ3v) is 5.10. The number of aromatic amines is 1. The summed E-state index contributed by atoms with van der Waals surface area (Å²) in [6, 6.07) is 5.77. The monoisotopic (exact) mass is 368 g/mol. The van der Waals surface area contributed by atoms with Crippen LogP contribution in [0, 0.1) is 0 Å². The second-order valence-electron chi connectivity index (χ2n) is 6.21. The van der Waals surface area contributed by atoms with Crippen LogP contribution in [0.25, 0.3) is 0 Å². The fourth-order valence-corrected chi connectivity index (χ4v) is 3.27. The van der Waals surface area contributed by atoms with Crippen molar-refractivity contribution in [2.24, 2.45) is 0 Å². The van der Waals surface area contributed by atoms with Crippen LogP contribution >= 0.6 is 23.2 Å². The lowest BCUT2D eigenvalue weighted by atomic mass is 9.94. The maximum absolute atomic E-state index is 6.21. The van der Waals surface area contributed by atoms with Gasteiger partial charge in [-0.2, -0.15) is 0 Å². The summed E-state index contributed by atoms with van der Waals surface area (Å²) in [4.78, 5) is 7.54. The van der Waals surface area contributed by atoms with Crippen LogP contribution in [-0.4, -0.2) is 22.9 Å². The Morgan fingerprint density at radius 2 is 2.21 bits per heavy atom. The second-order valence-corrected chi connectivity index (χ2v) is 7.02. The molecule has 1 fully saturated rings. The van der Waals surface area contributed by atoms with Gasteiger partial charge in [-0.1, -0.05) is 36.2 Å². The molecule has 3 rings (SSSR count). The maximum atomic E-state index is 6.21. The number of rotatable bonds is 6. The van der Waals surface area contributed by atoms with E-state index in [9.17, 15) is 0 Å². The van der Waals surface area contributed by atoms with E-state index in [-0.39, 0.29) is 18.3 Å². The molecule has 2 heterocycles. The Morgan fingerprint density at radius 3 is 2.88 bits per heavy atom. The molecule has 130 valence electrons. The van der Waals surface area contributed by atoms with E-state index in [0.29, 0.717) is 10.0 Å². The zero-order valence-corrected chi connectivity index (χ0v) is 15.2. The van der Waals surface area contributed by atoms with E-state index in [1.807, 2.05) is 24.4 Å². The van der Waals surface area contributed by atoms with Crippen molar-refractivity contribution in [2.75, 3.05) is 6.61 Å². The molecule has 1 aromatic carbocycles. The molecule has 0 saturated carbocycles. The molecule has 1 N–H and O–H groups in total. The van der Waals surface area contributed by atoms with Gasteiger partial charge < -0.3 is 14.5 Å². The van der Waals surface area contributed by atoms with Gasteiger partial charge in [0.25, 0.3) is 0 Å². The number of nitrogens with one attached hydrogen (secondary N) is 1. The predicted molar refractivity (Wildman–Crippen MR) is 95.5 cm³/mol. The lowest BCUT2D eigenvalue weighted by molar-refractivity contribution is -0.193. The van der Waals surface area contributed by atoms with Crippen molar-refractivity contribution in [3.63, 3.8) is 0 Å². The number of hydrogen-bond donors (Lipinski definition) is 1. The van der Waals surface area contributed by atoms with E-state index in [2.05, 4.69) is 16.9 Å². The van der Waals surface area contributed by atoms with Crippen molar-refractivity contribution in [3.8, 4) is 0 Å². The summed E-state index contributed by atoms with van der Waals surface area (Å²) < 4.78 is 11.9. The van der Waals surface area contributed by atoms with Crippen LogP contribution in [0.3, 0.4) is 0 Å². The molecular weight excluding hydrogens is 347 g/mol. The summed E-state index contributed by atoms with van der Waals surface area (Å²) in [5.41, 5.74) is 1.13. The fourth-order valence-electron chi connectivity index (χ4n) is 2.96. The summed E-state index contributed by atoms with van der Waals surface area (Å²) in [6.45, 7) is 2.92. The molecular formula is C18H22Cl2N2O2. The summed E-state index contributed by atoms with van der Waals surface area (Å²) >= 11 is 12.2. The normalized spacial score (nSPS) is 20.7. The van der Waals surface area contributed by atoms with Crippen molar-refractivity contribution in [1.29, 1.82) is 0 Å². The topological polar surface area (TPSA) is 47.1 Å². The molecule has 1 aliphatic rings. The minimum absolute atomic E-state index is 0.146. The first-order valence-electron chi connectivity index (χ1n) is 8.35. The minimum atomic E-state index is -0.158. The zero-order chi connectivity index (χ0) is 16.9. The van der Waals surface area contributed by atoms with Gasteiger partial charge in [-0.25, -0.2) is 4.98 Å². The molecule has 1 aliphatic heterocycles. The molecule has 0 aliphatic carbocycles. The van der Waals surface area contributed by atoms with Gasteiger partial charge in [0.1, 0.15) is 11.9 Å². The van der Waals surface area contributed by atoms with Gasteiger partial charge in [0, 0.05) is 19.0 Å². The number of nitrogens with zero attached hydrogens (tertiary/aromatic N) is 1. The van der Waals surface area contributed by atoms with Crippen molar-refractivity contribution in [3.05, 3.63) is 52.0 Å². The maximum Gasteiger partial charge on any atom is 0.158 e. The Morgan fingerprint density at radius 1 is 1.33 bits per heavy atom. The van der Waals surface area contributed by atoms with Gasteiger partial charge in [-0.05, 0) is 49.3 Å². The van der Waals surface area contributed by atoms with Gasteiger partial charge in [0.05, 0.1) is 10.0 Å². The average Bonchev–Trinajstić information content (AvgIpc) is 3.12. The number of hydrogen-bond acceptors (Lipinski definition) is 3. The second kappa shape index (κ2) is 8.34. The first-order valence-corrected chi connectivity index (χ1v) is 9.10. The van der Waals surface area contributed by atoms with Gasteiger partial charge in [-0.15, -0.1) is 0 Å². The summed E-state index contributed by atoms with van der Waals surface area (Å²) in [6.07, 6.45) is 7.21. The molecule has 6 heteroatoms. The van der Waals surface area contributed by atoms with Gasteiger partial charge in [0.15, 0.2) is 6.29 Å². The van der Waals surface area contributed by atoms with Crippen molar-refractivity contribution >= 4 is 23.2 Å². The molecule has 0 spiro atoms. The largest absolute Gasteiger partial charge is 0.353 e. The molecule has 3 unspecified atom stereocenters. The molecule has 1 saturated heterocycles. The van der Waals surface area contributed by atoms with Crippen LogP contribution in [0.4, 0.5) is 0 Å². The van der Waals surface area contributed by atoms with Crippen LogP contribution in [-0.2, 0) is 9.47 Å². The quantitative estimate of drug-likeness (QED) is 0.732. The van der Waals surface area contributed by atoms with Crippen molar-refractivity contribution < 1.29 is 9.47 Å². The molecule has 0 amide bonds. The van der Waals surface area contributed by atoms with E-state index >= 15 is 0 Å². The standard InChI is InChI=1S/C18H22Cl2N2O2/c1-12(13-5-6-14(19)15(20)11-13)10-16(18-21-7-8-22-18)24-17-4-2-3-9-23-17/h5-8,11-12,16-17H,2-4,9-10H2,1H3,(H,21,22). The Hall–Kier alpha value is -1.07. The highest BCUT2D eigenvalue weighted by molar-refractivity contribution is 6.42. The molecule has 24 heavy (non-hydrogen) atoms. The summed E-state index contributed by atoms with van der Waals surface area (Å²) in [5, 5.41) is 1.15. The van der Waals surface area contributed by atoms with Gasteiger partial charge >= 0.3 is 0 Å². The van der Waals surface area contributed by atoms with E-state index < -0.39 is 0 Å². The minimum Gasteiger partial charge on any atom is -0.353 e. The number of ether oxygens (including phenoxy) is 2. The van der Waals surface area contributed by atoms with Crippen LogP contribution in [0.15, 0.2) is 30.6 Å². The fraction of sp³-hybridized carbons (Fsp3) is 0.500. The number of imidazole rings is 1. The molecule has 0 bridgehead atoms. The average molecular weight is 369 g/mol. The summed E-state index contributed by atoms with van der Waals surface area (Å²) in [5.74, 6) is 1.08. The molecule has 1 aromatic heterocycles. The molecule has 2 aromatic rings. The van der Waals surface area contributed by atoms with Gasteiger partial charge in [0.2, 0.25) is 0 Å². The van der Waals surface area contributed by atoms with Crippen molar-refractivity contribution in [2.45, 2.75) is 50.9 Å². The van der Waals surface area contributed by atoms with E-state index in [1.54, 1.807) is 6.20 Å². The number of halogens is 2. The van der Waals surface area contributed by atoms with Crippen LogP contribution in [0.1, 0.15) is 56.0 Å². The highest BCUT2D eigenvalue weighted by atomic mass is 35.5. The highest BCUT2D eigenvalue weighted by Gasteiger charge is 2.25. The van der Waals surface area contributed by atoms with Crippen LogP contribution < -0.4 is 0 Å². The smallest absolute Gasteiger partial charge is 0.158 e. The number of aromatic nitrogens is 2. The predicted octanol–water partition coefficient (Wildman–Crippen LogP) is 5.49. The van der Waals surface area contributed by atoms with Gasteiger partial charge in [-0.3, -0.25) is 0 Å². The Labute approximate surface area is 152 Å². The Balaban J connectivity index is 1.71. The third-order valence-electron chi connectivity index (χ3n) is 4.36. The van der Waals surface area contributed by atoms with Crippen LogP contribution in [0.2, 0.25) is 10.0 Å². The lowest BCUT2D eigenvalue weighted by Gasteiger charge is -2.28. The number of benzene rings is 1. The molecule has 4 nitrogen and oxygen atoms in total. The molecule has 3 atom stereocenters. The number of H-pyrrole nitrogens is 1. The van der Waals surface area contributed by atoms with Crippen LogP contribution in [0.5, 0.6) is 0 Å². The first kappa shape index (κ1) is 17.7. The van der Waals surface area contributed by atoms with E-state index in [4.69, 9.17) is 32.7 Å². The Kier molecular flexibility index (Phi) is 6.17. The SMILES string of the molecule is CC(CC(OC1CCCCO1)c1ncc[nH]1)c1ccc(Cl)c(Cl)c1. The third kappa shape index (κ3) is 4.51. The Bertz CT molecular complexity index is 642. The van der Waals surface area contributed by atoms with E-state index in [0.717, 1.165) is 43.7 Å². The first-order chi connectivity index (χ1) is 11.6. The zero-order valence-electron chi connectivity index (χ0n) is 13.7. The lowest BCUT2D eigenvalue weighted by Crippen LogP contribution is -2.25. The highest BCUT2D eigenvalue weighted by Crippen LogP contribution is 2.34. The van der Waals surface area contributed by atoms with Crippen molar-refractivity contribution in [1.82, 2.24) is 9.97 Å². The summed E-state index contributed by atoms with van der Waals surface area (Å²) in [7, 11) is 0. The van der Waals surface area contributed by atoms with E-state index in [1.165, 1.54) is 0 Å².